The predicted molar refractivity (Wildman–Crippen MR) is 85.9 cm³/mol. The van der Waals surface area contributed by atoms with Crippen molar-refractivity contribution in [2.75, 3.05) is 6.61 Å². The van der Waals surface area contributed by atoms with E-state index in [1.807, 2.05) is 0 Å². The Balaban J connectivity index is 1.61. The molecule has 1 heterocycles. The van der Waals surface area contributed by atoms with E-state index in [1.165, 1.54) is 24.3 Å². The van der Waals surface area contributed by atoms with Crippen molar-refractivity contribution in [3.63, 3.8) is 0 Å². The summed E-state index contributed by atoms with van der Waals surface area (Å²) in [6, 6.07) is 5.57. The average Bonchev–Trinajstić information content (AvgIpc) is 3.23. The number of hydrogen-bond donors (Lipinski definition) is 1. The topological polar surface area (TPSA) is 120 Å². The Morgan fingerprint density at radius 2 is 2.04 bits per heavy atom. The van der Waals surface area contributed by atoms with Gasteiger partial charge < -0.3 is 14.6 Å². The molecule has 1 amide bonds. The standard InChI is InChI=1S/C16H18N4O5/c1-11-17-15(19-25-11)16(8-2-3-9-16)18-14(21)10-24-13-6-4-12(5-7-13)20(22)23/h4-7H,2-3,8-10H2,1H3,(H,18,21). The van der Waals surface area contributed by atoms with Gasteiger partial charge in [0, 0.05) is 19.1 Å². The molecule has 1 aliphatic carbocycles. The summed E-state index contributed by atoms with van der Waals surface area (Å²) in [4.78, 5) is 26.7. The number of nitrogens with one attached hydrogen (secondary N) is 1. The summed E-state index contributed by atoms with van der Waals surface area (Å²) >= 11 is 0. The molecule has 0 saturated heterocycles. The normalized spacial score (nSPS) is 15.7. The fourth-order valence-electron chi connectivity index (χ4n) is 2.99. The fraction of sp³-hybridized carbons (Fsp3) is 0.438. The molecule has 0 radical (unpaired) electrons. The fourth-order valence-corrected chi connectivity index (χ4v) is 2.99. The van der Waals surface area contributed by atoms with Crippen LogP contribution in [0.1, 0.15) is 37.4 Å². The van der Waals surface area contributed by atoms with E-state index in [2.05, 4.69) is 15.5 Å². The van der Waals surface area contributed by atoms with Gasteiger partial charge in [-0.25, -0.2) is 0 Å². The molecule has 0 atom stereocenters. The van der Waals surface area contributed by atoms with E-state index in [0.717, 1.165) is 25.7 Å². The number of ether oxygens (including phenoxy) is 1. The number of non-ortho nitro benzene ring substituents is 1. The molecule has 0 aliphatic heterocycles. The highest BCUT2D eigenvalue weighted by Gasteiger charge is 2.41. The predicted octanol–water partition coefficient (Wildman–Crippen LogP) is 2.25. The summed E-state index contributed by atoms with van der Waals surface area (Å²) in [6.07, 6.45) is 3.43. The molecular weight excluding hydrogens is 328 g/mol. The van der Waals surface area contributed by atoms with Gasteiger partial charge in [0.2, 0.25) is 5.89 Å². The van der Waals surface area contributed by atoms with Crippen molar-refractivity contribution in [1.82, 2.24) is 15.5 Å². The Morgan fingerprint density at radius 1 is 1.36 bits per heavy atom. The minimum Gasteiger partial charge on any atom is -0.484 e. The molecule has 132 valence electrons. The van der Waals surface area contributed by atoms with Gasteiger partial charge in [0.15, 0.2) is 12.4 Å². The van der Waals surface area contributed by atoms with Crippen molar-refractivity contribution in [1.29, 1.82) is 0 Å². The van der Waals surface area contributed by atoms with Crippen LogP contribution in [0.25, 0.3) is 0 Å². The zero-order chi connectivity index (χ0) is 17.9. The molecule has 2 aromatic rings. The number of nitro groups is 1. The maximum absolute atomic E-state index is 12.3. The monoisotopic (exact) mass is 346 g/mol. The van der Waals surface area contributed by atoms with Gasteiger partial charge in [-0.05, 0) is 25.0 Å². The first-order valence-corrected chi connectivity index (χ1v) is 7.98. The highest BCUT2D eigenvalue weighted by Crippen LogP contribution is 2.37. The zero-order valence-electron chi connectivity index (χ0n) is 13.7. The summed E-state index contributed by atoms with van der Waals surface area (Å²) in [6.45, 7) is 1.51. The van der Waals surface area contributed by atoms with E-state index in [1.54, 1.807) is 6.92 Å². The number of hydrogen-bond acceptors (Lipinski definition) is 7. The number of amides is 1. The SMILES string of the molecule is Cc1nc(C2(NC(=O)COc3ccc([N+](=O)[O-])cc3)CCCC2)no1. The molecule has 1 N–H and O–H groups in total. The maximum Gasteiger partial charge on any atom is 0.269 e. The minimum atomic E-state index is -0.617. The second-order valence-electron chi connectivity index (χ2n) is 6.01. The van der Waals surface area contributed by atoms with Crippen LogP contribution >= 0.6 is 0 Å². The Labute approximate surface area is 143 Å². The van der Waals surface area contributed by atoms with E-state index in [0.29, 0.717) is 17.5 Å². The van der Waals surface area contributed by atoms with Gasteiger partial charge in [0.25, 0.3) is 11.6 Å². The average molecular weight is 346 g/mol. The number of benzene rings is 1. The number of carbonyl (C=O) groups is 1. The number of rotatable bonds is 6. The first-order chi connectivity index (χ1) is 12.0. The first kappa shape index (κ1) is 16.9. The van der Waals surface area contributed by atoms with Crippen LogP contribution in [0.4, 0.5) is 5.69 Å². The van der Waals surface area contributed by atoms with Crippen LogP contribution in [-0.2, 0) is 10.3 Å². The number of carbonyl (C=O) groups excluding carboxylic acids is 1. The van der Waals surface area contributed by atoms with Crippen LogP contribution in [0.2, 0.25) is 0 Å². The molecule has 25 heavy (non-hydrogen) atoms. The van der Waals surface area contributed by atoms with Crippen molar-refractivity contribution >= 4 is 11.6 Å². The summed E-state index contributed by atoms with van der Waals surface area (Å²) in [5, 5.41) is 17.6. The van der Waals surface area contributed by atoms with Crippen LogP contribution in [0.15, 0.2) is 28.8 Å². The third-order valence-corrected chi connectivity index (χ3v) is 4.21. The van der Waals surface area contributed by atoms with E-state index in [4.69, 9.17) is 9.26 Å². The molecule has 1 saturated carbocycles. The lowest BCUT2D eigenvalue weighted by Gasteiger charge is -2.26. The van der Waals surface area contributed by atoms with Gasteiger partial charge in [0.1, 0.15) is 11.3 Å². The van der Waals surface area contributed by atoms with Crippen molar-refractivity contribution in [3.8, 4) is 5.75 Å². The molecule has 9 nitrogen and oxygen atoms in total. The van der Waals surface area contributed by atoms with Crippen molar-refractivity contribution in [2.24, 2.45) is 0 Å². The molecule has 1 aromatic carbocycles. The third-order valence-electron chi connectivity index (χ3n) is 4.21. The lowest BCUT2D eigenvalue weighted by molar-refractivity contribution is -0.384. The summed E-state index contributed by atoms with van der Waals surface area (Å²) in [5.74, 6) is 1.03. The lowest BCUT2D eigenvalue weighted by Crippen LogP contribution is -2.46. The molecule has 1 aromatic heterocycles. The lowest BCUT2D eigenvalue weighted by atomic mass is 9.96. The molecule has 0 spiro atoms. The van der Waals surface area contributed by atoms with Crippen LogP contribution in [0, 0.1) is 17.0 Å². The highest BCUT2D eigenvalue weighted by molar-refractivity contribution is 5.78. The summed E-state index contributed by atoms with van der Waals surface area (Å²) in [7, 11) is 0. The molecule has 1 aliphatic rings. The Kier molecular flexibility index (Phi) is 4.64. The van der Waals surface area contributed by atoms with Gasteiger partial charge in [-0.2, -0.15) is 4.98 Å². The Morgan fingerprint density at radius 3 is 2.60 bits per heavy atom. The number of nitrogens with zero attached hydrogens (tertiary/aromatic N) is 3. The third kappa shape index (κ3) is 3.76. The number of nitro benzene ring substituents is 1. The van der Waals surface area contributed by atoms with Crippen LogP contribution in [0.5, 0.6) is 5.75 Å². The van der Waals surface area contributed by atoms with Crippen LogP contribution in [0.3, 0.4) is 0 Å². The zero-order valence-corrected chi connectivity index (χ0v) is 13.7. The van der Waals surface area contributed by atoms with Crippen LogP contribution in [-0.4, -0.2) is 27.6 Å². The smallest absolute Gasteiger partial charge is 0.269 e. The Bertz CT molecular complexity index is 765. The van der Waals surface area contributed by atoms with E-state index >= 15 is 0 Å². The minimum absolute atomic E-state index is 0.0332. The number of aromatic nitrogens is 2. The largest absolute Gasteiger partial charge is 0.484 e. The highest BCUT2D eigenvalue weighted by atomic mass is 16.6. The molecule has 9 heteroatoms. The van der Waals surface area contributed by atoms with Crippen molar-refractivity contribution in [2.45, 2.75) is 38.1 Å². The van der Waals surface area contributed by atoms with Gasteiger partial charge in [-0.3, -0.25) is 14.9 Å². The molecule has 0 bridgehead atoms. The van der Waals surface area contributed by atoms with Gasteiger partial charge >= 0.3 is 0 Å². The maximum atomic E-state index is 12.3. The molecular formula is C16H18N4O5. The molecule has 3 rings (SSSR count). The number of aryl methyl sites for hydroxylation is 1. The molecule has 1 fully saturated rings. The van der Waals surface area contributed by atoms with Gasteiger partial charge in [-0.1, -0.05) is 18.0 Å². The summed E-state index contributed by atoms with van der Waals surface area (Å²) < 4.78 is 10.4. The first-order valence-electron chi connectivity index (χ1n) is 7.98. The second kappa shape index (κ2) is 6.88. The Hall–Kier alpha value is -2.97. The van der Waals surface area contributed by atoms with E-state index in [-0.39, 0.29) is 18.2 Å². The summed E-state index contributed by atoms with van der Waals surface area (Å²) in [5.41, 5.74) is -0.651. The van der Waals surface area contributed by atoms with Gasteiger partial charge in [-0.15, -0.1) is 0 Å². The second-order valence-corrected chi connectivity index (χ2v) is 6.01. The van der Waals surface area contributed by atoms with Gasteiger partial charge in [0.05, 0.1) is 4.92 Å². The molecule has 0 unspecified atom stereocenters. The van der Waals surface area contributed by atoms with E-state index in [9.17, 15) is 14.9 Å². The van der Waals surface area contributed by atoms with E-state index < -0.39 is 10.5 Å². The van der Waals surface area contributed by atoms with Crippen molar-refractivity contribution < 1.29 is 19.0 Å². The van der Waals surface area contributed by atoms with Crippen LogP contribution < -0.4 is 10.1 Å². The van der Waals surface area contributed by atoms with Crippen molar-refractivity contribution in [3.05, 3.63) is 46.1 Å². The quantitative estimate of drug-likeness (QED) is 0.629.